The summed E-state index contributed by atoms with van der Waals surface area (Å²) in [6.45, 7) is 3.56. The van der Waals surface area contributed by atoms with Crippen LogP contribution in [0.25, 0.3) is 0 Å². The van der Waals surface area contributed by atoms with Crippen LogP contribution in [-0.4, -0.2) is 20.9 Å². The number of carbonyl (C=O) groups excluding carboxylic acids is 1. The molecule has 1 aromatic heterocycles. The monoisotopic (exact) mass is 299 g/mol. The Morgan fingerprint density at radius 1 is 1.27 bits per heavy atom. The second-order valence-electron chi connectivity index (χ2n) is 4.45. The Morgan fingerprint density at radius 3 is 2.50 bits per heavy atom. The summed E-state index contributed by atoms with van der Waals surface area (Å²) in [7, 11) is 0. The number of aliphatic hydroxyl groups excluding tert-OH is 1. The molecule has 2 N–H and O–H groups in total. The zero-order valence-electron chi connectivity index (χ0n) is 11.5. The normalized spacial score (nSPS) is 11.5. The van der Waals surface area contributed by atoms with E-state index in [4.69, 9.17) is 0 Å². The molecule has 0 saturated heterocycles. The highest BCUT2D eigenvalue weighted by Crippen LogP contribution is 2.23. The lowest BCUT2D eigenvalue weighted by molar-refractivity contribution is -0.384. The fraction of sp³-hybridized carbons (Fsp3) is 0.0667. The van der Waals surface area contributed by atoms with Gasteiger partial charge < -0.3 is 10.4 Å². The molecule has 0 aliphatic heterocycles. The van der Waals surface area contributed by atoms with E-state index in [0.717, 1.165) is 0 Å². The van der Waals surface area contributed by atoms with Crippen molar-refractivity contribution in [3.63, 3.8) is 0 Å². The van der Waals surface area contributed by atoms with E-state index in [2.05, 4.69) is 16.9 Å². The first-order chi connectivity index (χ1) is 10.5. The number of pyridine rings is 1. The Bertz CT molecular complexity index is 698. The molecule has 0 spiro atoms. The van der Waals surface area contributed by atoms with Gasteiger partial charge in [0, 0.05) is 23.9 Å². The van der Waals surface area contributed by atoms with E-state index in [0.29, 0.717) is 11.4 Å². The summed E-state index contributed by atoms with van der Waals surface area (Å²) < 4.78 is 0. The highest BCUT2D eigenvalue weighted by molar-refractivity contribution is 6.03. The number of carbonyl (C=O) groups is 1. The number of hydrogen-bond donors (Lipinski definition) is 2. The van der Waals surface area contributed by atoms with Crippen molar-refractivity contribution in [2.45, 2.75) is 6.10 Å². The van der Waals surface area contributed by atoms with Gasteiger partial charge in [0.15, 0.2) is 0 Å². The van der Waals surface area contributed by atoms with Gasteiger partial charge in [-0.15, -0.1) is 0 Å². The fourth-order valence-corrected chi connectivity index (χ4v) is 1.74. The van der Waals surface area contributed by atoms with Crippen LogP contribution < -0.4 is 5.32 Å². The van der Waals surface area contributed by atoms with Gasteiger partial charge in [0.1, 0.15) is 11.9 Å². The number of benzene rings is 1. The largest absolute Gasteiger partial charge is 0.383 e. The lowest BCUT2D eigenvalue weighted by atomic mass is 10.0. The lowest BCUT2D eigenvalue weighted by Gasteiger charge is -2.13. The van der Waals surface area contributed by atoms with Crippen molar-refractivity contribution in [3.8, 4) is 0 Å². The molecule has 2 rings (SSSR count). The molecule has 7 heteroatoms. The summed E-state index contributed by atoms with van der Waals surface area (Å²) >= 11 is 0. The molecule has 0 fully saturated rings. The molecule has 1 atom stereocenters. The molecular formula is C15H13N3O4. The fourth-order valence-electron chi connectivity index (χ4n) is 1.74. The van der Waals surface area contributed by atoms with Crippen molar-refractivity contribution in [2.24, 2.45) is 0 Å². The van der Waals surface area contributed by atoms with E-state index in [1.807, 2.05) is 0 Å². The van der Waals surface area contributed by atoms with Crippen LogP contribution >= 0.6 is 0 Å². The van der Waals surface area contributed by atoms with E-state index in [1.165, 1.54) is 30.5 Å². The molecule has 112 valence electrons. The van der Waals surface area contributed by atoms with Gasteiger partial charge in [-0.05, 0) is 29.8 Å². The first kappa shape index (κ1) is 15.3. The number of nitro groups is 1. The zero-order valence-corrected chi connectivity index (χ0v) is 11.5. The second-order valence-corrected chi connectivity index (χ2v) is 4.45. The Hall–Kier alpha value is -3.06. The third-order valence-corrected chi connectivity index (χ3v) is 2.95. The predicted molar refractivity (Wildman–Crippen MR) is 80.1 cm³/mol. The Kier molecular flexibility index (Phi) is 4.60. The van der Waals surface area contributed by atoms with Crippen LogP contribution in [0.3, 0.4) is 0 Å². The van der Waals surface area contributed by atoms with Crippen LogP contribution in [0, 0.1) is 10.1 Å². The molecule has 1 unspecified atom stereocenters. The molecule has 1 heterocycles. The van der Waals surface area contributed by atoms with Crippen LogP contribution in [0.5, 0.6) is 0 Å². The molecule has 0 radical (unpaired) electrons. The Labute approximate surface area is 126 Å². The number of anilines is 1. The van der Waals surface area contributed by atoms with Crippen LogP contribution in [0.4, 0.5) is 11.5 Å². The third-order valence-electron chi connectivity index (χ3n) is 2.95. The van der Waals surface area contributed by atoms with Crippen molar-refractivity contribution < 1.29 is 14.8 Å². The molecule has 0 saturated carbocycles. The molecular weight excluding hydrogens is 286 g/mol. The minimum Gasteiger partial charge on any atom is -0.383 e. The average Bonchev–Trinajstić information content (AvgIpc) is 2.54. The van der Waals surface area contributed by atoms with Gasteiger partial charge in [0.2, 0.25) is 0 Å². The van der Waals surface area contributed by atoms with E-state index in [1.54, 1.807) is 18.2 Å². The topological polar surface area (TPSA) is 105 Å². The molecule has 1 amide bonds. The van der Waals surface area contributed by atoms with Gasteiger partial charge in [0.05, 0.1) is 4.92 Å². The summed E-state index contributed by atoms with van der Waals surface area (Å²) in [5, 5.41) is 23.2. The van der Waals surface area contributed by atoms with Crippen molar-refractivity contribution in [1.82, 2.24) is 4.98 Å². The van der Waals surface area contributed by atoms with Gasteiger partial charge in [-0.3, -0.25) is 14.9 Å². The summed E-state index contributed by atoms with van der Waals surface area (Å²) in [4.78, 5) is 26.0. The van der Waals surface area contributed by atoms with Crippen LogP contribution in [-0.2, 0) is 4.79 Å². The molecule has 0 aliphatic rings. The van der Waals surface area contributed by atoms with Crippen LogP contribution in [0.1, 0.15) is 11.7 Å². The smallest absolute Gasteiger partial charge is 0.269 e. The zero-order chi connectivity index (χ0) is 16.1. The maximum absolute atomic E-state index is 12.0. The van der Waals surface area contributed by atoms with Gasteiger partial charge in [-0.25, -0.2) is 4.98 Å². The van der Waals surface area contributed by atoms with Gasteiger partial charge in [0.25, 0.3) is 11.6 Å². The van der Waals surface area contributed by atoms with Gasteiger partial charge >= 0.3 is 0 Å². The number of non-ortho nitro benzene ring substituents is 1. The molecule has 0 bridgehead atoms. The van der Waals surface area contributed by atoms with Crippen molar-refractivity contribution >= 4 is 17.4 Å². The molecule has 22 heavy (non-hydrogen) atoms. The number of nitrogens with one attached hydrogen (secondary N) is 1. The number of amides is 1. The number of aromatic nitrogens is 1. The summed E-state index contributed by atoms with van der Waals surface area (Å²) in [5.74, 6) is -0.242. The lowest BCUT2D eigenvalue weighted by Crippen LogP contribution is -2.19. The van der Waals surface area contributed by atoms with Crippen molar-refractivity contribution in [2.75, 3.05) is 5.32 Å². The average molecular weight is 299 g/mol. The molecule has 0 aliphatic carbocycles. The van der Waals surface area contributed by atoms with E-state index >= 15 is 0 Å². The summed E-state index contributed by atoms with van der Waals surface area (Å²) in [5.41, 5.74) is 0.158. The molecule has 7 nitrogen and oxygen atoms in total. The number of aliphatic hydroxyl groups is 1. The SMILES string of the molecule is C=C(C(=O)Nc1ccccn1)C(O)c1ccc([N+](=O)[O-])cc1. The van der Waals surface area contributed by atoms with Gasteiger partial charge in [-0.2, -0.15) is 0 Å². The number of nitrogens with zero attached hydrogens (tertiary/aromatic N) is 2. The number of hydrogen-bond acceptors (Lipinski definition) is 5. The van der Waals surface area contributed by atoms with Crippen LogP contribution in [0.2, 0.25) is 0 Å². The minimum absolute atomic E-state index is 0.0838. The highest BCUT2D eigenvalue weighted by Gasteiger charge is 2.19. The Balaban J connectivity index is 2.08. The Morgan fingerprint density at radius 2 is 1.95 bits per heavy atom. The third kappa shape index (κ3) is 3.53. The second kappa shape index (κ2) is 6.59. The predicted octanol–water partition coefficient (Wildman–Crippen LogP) is 2.22. The van der Waals surface area contributed by atoms with E-state index < -0.39 is 16.9 Å². The number of rotatable bonds is 5. The van der Waals surface area contributed by atoms with Crippen LogP contribution in [0.15, 0.2) is 60.8 Å². The van der Waals surface area contributed by atoms with Gasteiger partial charge in [-0.1, -0.05) is 12.6 Å². The maximum Gasteiger partial charge on any atom is 0.269 e. The molecule has 1 aromatic carbocycles. The van der Waals surface area contributed by atoms with Crippen molar-refractivity contribution in [3.05, 3.63) is 76.5 Å². The van der Waals surface area contributed by atoms with E-state index in [9.17, 15) is 20.0 Å². The minimum atomic E-state index is -1.26. The van der Waals surface area contributed by atoms with Crippen molar-refractivity contribution in [1.29, 1.82) is 0 Å². The first-order valence-electron chi connectivity index (χ1n) is 6.32. The summed E-state index contributed by atoms with van der Waals surface area (Å²) in [6.07, 6.45) is 0.259. The summed E-state index contributed by atoms with van der Waals surface area (Å²) in [6, 6.07) is 10.3. The number of nitro benzene ring substituents is 1. The maximum atomic E-state index is 12.0. The standard InChI is InChI=1S/C15H13N3O4/c1-10(15(20)17-13-4-2-3-9-16-13)14(19)11-5-7-12(8-6-11)18(21)22/h2-9,14,19H,1H2,(H,16,17,20). The first-order valence-corrected chi connectivity index (χ1v) is 6.32. The quantitative estimate of drug-likeness (QED) is 0.500. The highest BCUT2D eigenvalue weighted by atomic mass is 16.6. The van der Waals surface area contributed by atoms with E-state index in [-0.39, 0.29) is 11.3 Å². The molecule has 2 aromatic rings.